The van der Waals surface area contributed by atoms with Crippen LogP contribution in [0.3, 0.4) is 0 Å². The Morgan fingerprint density at radius 1 is 1.11 bits per heavy atom. The van der Waals surface area contributed by atoms with E-state index in [1.165, 1.54) is 43.5 Å². The number of amides is 1. The smallest absolute Gasteiger partial charge is 0.416 e. The Hall–Kier alpha value is -3.73. The number of alkyl halides is 3. The van der Waals surface area contributed by atoms with Crippen molar-refractivity contribution in [3.05, 3.63) is 83.4 Å². The van der Waals surface area contributed by atoms with Crippen molar-refractivity contribution in [2.45, 2.75) is 30.6 Å². The van der Waals surface area contributed by atoms with Gasteiger partial charge in [-0.3, -0.25) is 9.10 Å². The number of benzene rings is 3. The van der Waals surface area contributed by atoms with E-state index in [-0.39, 0.29) is 35.0 Å². The Kier molecular flexibility index (Phi) is 6.85. The predicted octanol–water partition coefficient (Wildman–Crippen LogP) is 4.30. The molecular formula is C25H23F3N2O5S. The van der Waals surface area contributed by atoms with Gasteiger partial charge in [-0.1, -0.05) is 18.2 Å². The van der Waals surface area contributed by atoms with Gasteiger partial charge in [0.15, 0.2) is 6.10 Å². The number of anilines is 1. The highest BCUT2D eigenvalue weighted by atomic mass is 32.2. The lowest BCUT2D eigenvalue weighted by atomic mass is 10.1. The number of sulfonamides is 1. The molecule has 0 saturated heterocycles. The molecule has 1 N–H and O–H groups in total. The van der Waals surface area contributed by atoms with Gasteiger partial charge in [-0.2, -0.15) is 13.2 Å². The highest BCUT2D eigenvalue weighted by Crippen LogP contribution is 2.38. The van der Waals surface area contributed by atoms with Crippen LogP contribution in [0.1, 0.15) is 16.7 Å². The van der Waals surface area contributed by atoms with Gasteiger partial charge in [0.2, 0.25) is 0 Å². The van der Waals surface area contributed by atoms with Gasteiger partial charge >= 0.3 is 6.18 Å². The lowest BCUT2D eigenvalue weighted by Crippen LogP contribution is -2.50. The van der Waals surface area contributed by atoms with Crippen molar-refractivity contribution in [1.29, 1.82) is 0 Å². The fourth-order valence-electron chi connectivity index (χ4n) is 3.76. The minimum Gasteiger partial charge on any atom is -0.497 e. The number of ether oxygens (including phenoxy) is 2. The third kappa shape index (κ3) is 5.25. The SMILES string of the molecule is COc1ccc(S(=O)(=O)N2C[C@H](C(=O)NCc3cccc(C(F)(F)F)c3)Oc3ccc(C)cc32)cc1. The van der Waals surface area contributed by atoms with E-state index in [0.29, 0.717) is 5.75 Å². The second kappa shape index (κ2) is 9.73. The molecule has 0 bridgehead atoms. The molecule has 11 heteroatoms. The molecule has 1 heterocycles. The molecule has 0 aliphatic carbocycles. The van der Waals surface area contributed by atoms with E-state index >= 15 is 0 Å². The van der Waals surface area contributed by atoms with Gasteiger partial charge in [0, 0.05) is 6.54 Å². The summed E-state index contributed by atoms with van der Waals surface area (Å²) in [4.78, 5) is 12.9. The van der Waals surface area contributed by atoms with Crippen molar-refractivity contribution in [3.8, 4) is 11.5 Å². The van der Waals surface area contributed by atoms with E-state index in [2.05, 4.69) is 5.32 Å². The minimum absolute atomic E-state index is 0.000722. The molecule has 7 nitrogen and oxygen atoms in total. The van der Waals surface area contributed by atoms with Crippen molar-refractivity contribution in [2.75, 3.05) is 18.0 Å². The number of nitrogens with zero attached hydrogens (tertiary/aromatic N) is 1. The number of hydrogen-bond acceptors (Lipinski definition) is 5. The van der Waals surface area contributed by atoms with Crippen LogP contribution in [0.15, 0.2) is 71.6 Å². The molecule has 0 unspecified atom stereocenters. The molecule has 36 heavy (non-hydrogen) atoms. The van der Waals surface area contributed by atoms with Crippen molar-refractivity contribution in [3.63, 3.8) is 0 Å². The fraction of sp³-hybridized carbons (Fsp3) is 0.240. The molecule has 0 saturated carbocycles. The summed E-state index contributed by atoms with van der Waals surface area (Å²) in [6.07, 6.45) is -5.73. The third-order valence-corrected chi connectivity index (χ3v) is 7.44. The van der Waals surface area contributed by atoms with Crippen LogP contribution in [0.25, 0.3) is 0 Å². The Balaban J connectivity index is 1.59. The number of carbonyl (C=O) groups is 1. The van der Waals surface area contributed by atoms with Gasteiger partial charge in [0.05, 0.1) is 29.8 Å². The second-order valence-corrected chi connectivity index (χ2v) is 10.1. The zero-order valence-corrected chi connectivity index (χ0v) is 20.2. The van der Waals surface area contributed by atoms with Crippen LogP contribution in [0.4, 0.5) is 18.9 Å². The van der Waals surface area contributed by atoms with Crippen molar-refractivity contribution in [1.82, 2.24) is 5.32 Å². The van der Waals surface area contributed by atoms with Crippen LogP contribution in [0, 0.1) is 6.92 Å². The largest absolute Gasteiger partial charge is 0.497 e. The first-order valence-corrected chi connectivity index (χ1v) is 12.3. The number of fused-ring (bicyclic) bond motifs is 1. The molecule has 1 amide bonds. The Morgan fingerprint density at radius 2 is 1.83 bits per heavy atom. The summed E-state index contributed by atoms with van der Waals surface area (Å²) in [7, 11) is -2.61. The van der Waals surface area contributed by atoms with Gasteiger partial charge in [-0.05, 0) is 66.6 Å². The van der Waals surface area contributed by atoms with Gasteiger partial charge in [-0.15, -0.1) is 0 Å². The fourth-order valence-corrected chi connectivity index (χ4v) is 5.23. The van der Waals surface area contributed by atoms with Crippen molar-refractivity contribution in [2.24, 2.45) is 0 Å². The minimum atomic E-state index is -4.51. The van der Waals surface area contributed by atoms with Crippen LogP contribution in [-0.4, -0.2) is 34.1 Å². The molecule has 0 spiro atoms. The number of rotatable bonds is 6. The highest BCUT2D eigenvalue weighted by molar-refractivity contribution is 7.92. The standard InChI is InChI=1S/C25H23F3N2O5S/c1-16-6-11-22-21(12-16)30(36(32,33)20-9-7-19(34-2)8-10-20)15-23(35-22)24(31)29-14-17-4-3-5-18(13-17)25(26,27)28/h3-13,23H,14-15H2,1-2H3,(H,29,31)/t23-/m1/s1. The molecule has 4 rings (SSSR count). The first-order valence-electron chi connectivity index (χ1n) is 10.9. The summed E-state index contributed by atoms with van der Waals surface area (Å²) >= 11 is 0. The molecule has 1 atom stereocenters. The first-order chi connectivity index (χ1) is 17.0. The monoisotopic (exact) mass is 520 g/mol. The van der Waals surface area contributed by atoms with Gasteiger partial charge < -0.3 is 14.8 Å². The normalized spacial score (nSPS) is 15.6. The first kappa shape index (κ1) is 25.4. The maximum Gasteiger partial charge on any atom is 0.416 e. The Morgan fingerprint density at radius 3 is 2.50 bits per heavy atom. The van der Waals surface area contributed by atoms with E-state index in [0.717, 1.165) is 22.0 Å². The Bertz CT molecular complexity index is 1380. The molecule has 0 aromatic heterocycles. The molecular weight excluding hydrogens is 497 g/mol. The van der Waals surface area contributed by atoms with Crippen molar-refractivity contribution >= 4 is 21.6 Å². The number of methoxy groups -OCH3 is 1. The average molecular weight is 521 g/mol. The molecule has 190 valence electrons. The maximum absolute atomic E-state index is 13.5. The van der Waals surface area contributed by atoms with Gasteiger partial charge in [0.25, 0.3) is 15.9 Å². The Labute approximate surface area is 206 Å². The number of nitrogens with one attached hydrogen (secondary N) is 1. The summed E-state index contributed by atoms with van der Waals surface area (Å²) in [6, 6.07) is 15.4. The topological polar surface area (TPSA) is 84.9 Å². The van der Waals surface area contributed by atoms with E-state index in [1.807, 2.05) is 0 Å². The van der Waals surface area contributed by atoms with Gasteiger partial charge in [-0.25, -0.2) is 8.42 Å². The van der Waals surface area contributed by atoms with Crippen molar-refractivity contribution < 1.29 is 35.9 Å². The third-order valence-electron chi connectivity index (χ3n) is 5.64. The van der Waals surface area contributed by atoms with E-state index in [4.69, 9.17) is 9.47 Å². The second-order valence-electron chi connectivity index (χ2n) is 8.21. The quantitative estimate of drug-likeness (QED) is 0.524. The lowest BCUT2D eigenvalue weighted by molar-refractivity contribution is -0.137. The molecule has 3 aromatic carbocycles. The van der Waals surface area contributed by atoms with Crippen LogP contribution in [0.2, 0.25) is 0 Å². The molecule has 3 aromatic rings. The maximum atomic E-state index is 13.5. The van der Waals surface area contributed by atoms with Gasteiger partial charge in [0.1, 0.15) is 11.5 Å². The summed E-state index contributed by atoms with van der Waals surface area (Å²) < 4.78 is 78.0. The van der Waals surface area contributed by atoms with Crippen LogP contribution >= 0.6 is 0 Å². The molecule has 0 radical (unpaired) electrons. The predicted molar refractivity (Wildman–Crippen MR) is 126 cm³/mol. The van der Waals surface area contributed by atoms with E-state index in [1.54, 1.807) is 25.1 Å². The van der Waals surface area contributed by atoms with Crippen LogP contribution in [-0.2, 0) is 27.5 Å². The van der Waals surface area contributed by atoms with Crippen LogP contribution < -0.4 is 19.1 Å². The van der Waals surface area contributed by atoms with E-state index in [9.17, 15) is 26.4 Å². The number of carbonyl (C=O) groups excluding carboxylic acids is 1. The molecule has 0 fully saturated rings. The summed E-state index contributed by atoms with van der Waals surface area (Å²) in [5.41, 5.74) is 0.490. The summed E-state index contributed by atoms with van der Waals surface area (Å²) in [6.45, 7) is 1.29. The number of halogens is 3. The molecule has 1 aliphatic heterocycles. The summed E-state index contributed by atoms with van der Waals surface area (Å²) in [5, 5.41) is 2.55. The highest BCUT2D eigenvalue weighted by Gasteiger charge is 2.38. The van der Waals surface area contributed by atoms with Crippen LogP contribution in [0.5, 0.6) is 11.5 Å². The zero-order chi connectivity index (χ0) is 26.1. The number of hydrogen-bond donors (Lipinski definition) is 1. The average Bonchev–Trinajstić information content (AvgIpc) is 2.86. The molecule has 1 aliphatic rings. The lowest BCUT2D eigenvalue weighted by Gasteiger charge is -2.35. The zero-order valence-electron chi connectivity index (χ0n) is 19.4. The summed E-state index contributed by atoms with van der Waals surface area (Å²) in [5.74, 6) is 0.0238. The van der Waals surface area contributed by atoms with E-state index < -0.39 is 33.8 Å². The number of aryl methyl sites for hydroxylation is 1.